The average molecular weight is 1000 g/mol. The van der Waals surface area contributed by atoms with E-state index < -0.39 is 15.1 Å². The maximum atomic E-state index is 8.30. The van der Waals surface area contributed by atoms with Gasteiger partial charge in [-0.1, -0.05) is 351 Å². The van der Waals surface area contributed by atoms with Crippen LogP contribution in [0.25, 0.3) is 0 Å². The molecule has 0 aliphatic heterocycles. The van der Waals surface area contributed by atoms with E-state index in [0.717, 1.165) is 0 Å². The van der Waals surface area contributed by atoms with Crippen molar-refractivity contribution in [2.24, 2.45) is 0 Å². The zero-order valence-corrected chi connectivity index (χ0v) is 51.6. The fourth-order valence-electron chi connectivity index (χ4n) is 11.8. The molecule has 4 heteroatoms. The Morgan fingerprint density at radius 3 is 0.443 bits per heavy atom. The summed E-state index contributed by atoms with van der Waals surface area (Å²) >= 11 is -2.68. The van der Waals surface area contributed by atoms with Crippen LogP contribution in [0.4, 0.5) is 0 Å². The van der Waals surface area contributed by atoms with Gasteiger partial charge in [-0.2, -0.15) is 0 Å². The Morgan fingerprint density at radius 2 is 0.286 bits per heavy atom. The third-order valence-corrected chi connectivity index (χ3v) is 18.7. The van der Waals surface area contributed by atoms with E-state index in [9.17, 15) is 0 Å². The summed E-state index contributed by atoms with van der Waals surface area (Å²) in [6.45, 7) is 21.4. The van der Waals surface area contributed by atoms with Crippen molar-refractivity contribution in [2.75, 3.05) is 0 Å². The first-order valence-corrected chi connectivity index (χ1v) is 34.8. The fraction of sp³-hybridized carbons (Fsp3) is 1.00. The summed E-state index contributed by atoms with van der Waals surface area (Å²) in [7, 11) is 0. The van der Waals surface area contributed by atoms with Crippen LogP contribution in [-0.4, -0.2) is 32.0 Å². The Morgan fingerprint density at radius 1 is 0.171 bits per heavy atom. The number of unbranched alkanes of at least 4 members (excludes halogenated alkanes) is 36. The molecule has 0 aromatic carbocycles. The van der Waals surface area contributed by atoms with E-state index in [2.05, 4.69) is 62.3 Å². The van der Waals surface area contributed by atoms with E-state index in [-0.39, 0.29) is 16.8 Å². The van der Waals surface area contributed by atoms with Crippen LogP contribution in [0.5, 0.6) is 0 Å². The lowest BCUT2D eigenvalue weighted by molar-refractivity contribution is -0.113. The minimum absolute atomic E-state index is 0.132. The van der Waals surface area contributed by atoms with E-state index in [4.69, 9.17) is 11.4 Å². The third-order valence-electron chi connectivity index (χ3n) is 16.7. The van der Waals surface area contributed by atoms with E-state index in [1.165, 1.54) is 347 Å². The van der Waals surface area contributed by atoms with Crippen molar-refractivity contribution in [1.29, 1.82) is 0 Å². The predicted octanol–water partition coefficient (Wildman–Crippen LogP) is 24.5. The van der Waals surface area contributed by atoms with Gasteiger partial charge in [-0.25, -0.2) is 0 Å². The maximum Gasteiger partial charge on any atom is 0.906 e. The molecule has 0 N–H and O–H groups in total. The first-order valence-electron chi connectivity index (χ1n) is 33.4. The molecule has 0 aliphatic carbocycles. The van der Waals surface area contributed by atoms with Gasteiger partial charge in [-0.15, -0.1) is 0 Å². The molecule has 3 nitrogen and oxygen atoms in total. The molecule has 0 atom stereocenters. The van der Waals surface area contributed by atoms with Crippen molar-refractivity contribution in [1.82, 2.24) is 0 Å². The maximum absolute atomic E-state index is 8.30. The molecule has 0 saturated carbocycles. The molecule has 0 aromatic heterocycles. The van der Waals surface area contributed by atoms with Gasteiger partial charge in [0.1, 0.15) is 0 Å². The Balaban J connectivity index is 7.85. The smallest absolute Gasteiger partial charge is 0.449 e. The highest BCUT2D eigenvalue weighted by atomic mass is 27.3. The first-order chi connectivity index (χ1) is 34.3. The summed E-state index contributed by atoms with van der Waals surface area (Å²) in [6.07, 6.45) is 70.8. The van der Waals surface area contributed by atoms with Crippen LogP contribution < -0.4 is 0 Å². The van der Waals surface area contributed by atoms with E-state index in [1.807, 2.05) is 0 Å². The van der Waals surface area contributed by atoms with Gasteiger partial charge in [-0.3, -0.25) is 0 Å². The Hall–Kier alpha value is 0.412. The second-order valence-electron chi connectivity index (χ2n) is 23.7. The van der Waals surface area contributed by atoms with Crippen LogP contribution in [-0.2, 0) is 11.4 Å². The quantitative estimate of drug-likeness (QED) is 0.0449. The van der Waals surface area contributed by atoms with Crippen molar-refractivity contribution in [3.05, 3.63) is 0 Å². The fourth-order valence-corrected chi connectivity index (χ4v) is 14.2. The van der Waals surface area contributed by atoms with Crippen molar-refractivity contribution in [3.8, 4) is 0 Å². The monoisotopic (exact) mass is 1000 g/mol. The molecule has 0 rings (SSSR count). The average Bonchev–Trinajstić information content (AvgIpc) is 3.35. The van der Waals surface area contributed by atoms with Crippen LogP contribution in [0, 0.1) is 0 Å². The van der Waals surface area contributed by atoms with Crippen LogP contribution in [0.1, 0.15) is 409 Å². The lowest BCUT2D eigenvalue weighted by Crippen LogP contribution is -2.52. The summed E-state index contributed by atoms with van der Waals surface area (Å²) in [5.41, 5.74) is -0.397. The molecule has 0 unspecified atom stereocenters. The summed E-state index contributed by atoms with van der Waals surface area (Å²) in [5.74, 6) is 0. The second-order valence-corrected chi connectivity index (χ2v) is 25.0. The van der Waals surface area contributed by atoms with Gasteiger partial charge in [0.15, 0.2) is 0 Å². The van der Waals surface area contributed by atoms with Crippen LogP contribution in [0.2, 0.25) is 0 Å². The molecule has 0 aliphatic rings. The molecular weight excluding hydrogens is 868 g/mol. The van der Waals surface area contributed by atoms with E-state index in [0.29, 0.717) is 0 Å². The van der Waals surface area contributed by atoms with Crippen molar-refractivity contribution in [3.63, 3.8) is 0 Å². The Labute approximate surface area is 450 Å². The normalized spacial score (nSPS) is 12.5. The van der Waals surface area contributed by atoms with Crippen LogP contribution in [0.15, 0.2) is 0 Å². The van der Waals surface area contributed by atoms with Crippen LogP contribution in [0.3, 0.4) is 0 Å². The highest BCUT2D eigenvalue weighted by Gasteiger charge is 2.51. The van der Waals surface area contributed by atoms with Gasteiger partial charge in [0, 0.05) is 16.8 Å². The molecule has 0 amide bonds. The van der Waals surface area contributed by atoms with Crippen LogP contribution >= 0.6 is 0 Å². The topological polar surface area (TPSA) is 27.7 Å². The first kappa shape index (κ1) is 70.4. The van der Waals surface area contributed by atoms with Gasteiger partial charge in [0.25, 0.3) is 0 Å². The van der Waals surface area contributed by atoms with Crippen molar-refractivity contribution in [2.45, 2.75) is 426 Å². The minimum Gasteiger partial charge on any atom is -0.449 e. The van der Waals surface area contributed by atoms with E-state index >= 15 is 0 Å². The largest absolute Gasteiger partial charge is 0.906 e. The molecule has 0 saturated heterocycles. The summed E-state index contributed by atoms with van der Waals surface area (Å²) in [4.78, 5) is 0. The van der Waals surface area contributed by atoms with Gasteiger partial charge >= 0.3 is 15.1 Å². The van der Waals surface area contributed by atoms with Gasteiger partial charge in [0.2, 0.25) is 0 Å². The highest BCUT2D eigenvalue weighted by Crippen LogP contribution is 2.41. The summed E-state index contributed by atoms with van der Waals surface area (Å²) in [6, 6.07) is 0. The van der Waals surface area contributed by atoms with Gasteiger partial charge in [-0.05, 0) is 57.8 Å². The number of hydrogen-bond donors (Lipinski definition) is 0. The molecule has 0 spiro atoms. The molecule has 420 valence electrons. The standard InChI is InChI=1S/3C22H45O.Al/c3*1-4-7-10-12-14-17-20-22(23,19-16-9-6-3)21-18-15-13-11-8-5-2;/h3*4-21H2,1-3H3;/q3*-1;+3. The minimum atomic E-state index is -2.68. The number of hydrogen-bond acceptors (Lipinski definition) is 3. The molecule has 0 aromatic rings. The lowest BCUT2D eigenvalue weighted by Gasteiger charge is -2.45. The summed E-state index contributed by atoms with van der Waals surface area (Å²) in [5, 5.41) is 0. The zero-order valence-electron chi connectivity index (χ0n) is 50.5. The molecule has 0 bridgehead atoms. The highest BCUT2D eigenvalue weighted by molar-refractivity contribution is 6.37. The molecule has 0 fully saturated rings. The van der Waals surface area contributed by atoms with Gasteiger partial charge < -0.3 is 11.4 Å². The van der Waals surface area contributed by atoms with E-state index in [1.54, 1.807) is 0 Å². The Kier molecular flexibility index (Phi) is 53.1. The predicted molar refractivity (Wildman–Crippen MR) is 318 cm³/mol. The van der Waals surface area contributed by atoms with Crippen molar-refractivity contribution >= 4 is 15.1 Å². The molecular formula is C66H135AlO3. The SMILES string of the molecule is CCCCCCCCC(CCCCC)(CCCCCCCC)[O][Al]([O]C(CCCCC)(CCCCCCCC)CCCCCCCC)[O]C(CCCCC)(CCCCCCCC)CCCCCCCC. The van der Waals surface area contributed by atoms with Crippen molar-refractivity contribution < 1.29 is 11.4 Å². The molecule has 0 radical (unpaired) electrons. The van der Waals surface area contributed by atoms with Gasteiger partial charge in [0.05, 0.1) is 0 Å². The second kappa shape index (κ2) is 52.8. The molecule has 70 heavy (non-hydrogen) atoms. The Bertz CT molecular complexity index is 828. The number of rotatable bonds is 60. The molecule has 0 heterocycles. The zero-order chi connectivity index (χ0) is 51.4. The third kappa shape index (κ3) is 40.7. The summed E-state index contributed by atoms with van der Waals surface area (Å²) < 4.78 is 24.9. The lowest BCUT2D eigenvalue weighted by atomic mass is 9.85.